The predicted molar refractivity (Wildman–Crippen MR) is 215 cm³/mol. The highest BCUT2D eigenvalue weighted by atomic mass is 19.4. The number of para-hydroxylation sites is 6. The average molecular weight is 892 g/mol. The van der Waals surface area contributed by atoms with Crippen molar-refractivity contribution in [1.29, 1.82) is 0 Å². The van der Waals surface area contributed by atoms with Crippen LogP contribution >= 0.6 is 0 Å². The largest absolute Gasteiger partial charge is 0.457 e. The van der Waals surface area contributed by atoms with E-state index in [-0.39, 0.29) is 46.4 Å². The maximum Gasteiger partial charge on any atom is 0.417 e. The van der Waals surface area contributed by atoms with Crippen LogP contribution in [-0.4, -0.2) is 0 Å². The lowest BCUT2D eigenvalue weighted by Crippen LogP contribution is -2.27. The van der Waals surface area contributed by atoms with Gasteiger partial charge in [0.1, 0.15) is 11.5 Å². The van der Waals surface area contributed by atoms with Crippen molar-refractivity contribution in [2.75, 3.05) is 4.90 Å². The zero-order chi connectivity index (χ0) is 45.3. The highest BCUT2D eigenvalue weighted by Crippen LogP contribution is 2.63. The van der Waals surface area contributed by atoms with Crippen LogP contribution in [0, 0.1) is 0 Å². The molecule has 0 saturated heterocycles. The van der Waals surface area contributed by atoms with E-state index in [0.29, 0.717) is 29.8 Å². The summed E-state index contributed by atoms with van der Waals surface area (Å²) >= 11 is 0. The number of alkyl halides is 12. The van der Waals surface area contributed by atoms with E-state index in [1.807, 2.05) is 0 Å². The number of benzene rings is 7. The third-order valence-electron chi connectivity index (χ3n) is 11.2. The van der Waals surface area contributed by atoms with Gasteiger partial charge in [0.05, 0.1) is 39.3 Å². The Bertz CT molecular complexity index is 2790. The molecule has 2 aliphatic rings. The number of rotatable bonds is 4. The van der Waals surface area contributed by atoms with Crippen LogP contribution in [0.25, 0.3) is 22.3 Å². The summed E-state index contributed by atoms with van der Waals surface area (Å²) < 4.78 is 200. The second-order valence-electron chi connectivity index (χ2n) is 15.1. The molecule has 7 aromatic rings. The molecule has 1 atom stereocenters. The summed E-state index contributed by atoms with van der Waals surface area (Å²) in [6.45, 7) is 0. The number of ether oxygens (including phenoxy) is 2. The molecule has 0 spiro atoms. The van der Waals surface area contributed by atoms with Gasteiger partial charge in [0.25, 0.3) is 0 Å². The van der Waals surface area contributed by atoms with E-state index in [1.165, 1.54) is 72.8 Å². The first-order valence-electron chi connectivity index (χ1n) is 19.5. The van der Waals surface area contributed by atoms with Crippen molar-refractivity contribution in [3.63, 3.8) is 0 Å². The molecule has 64 heavy (non-hydrogen) atoms. The minimum Gasteiger partial charge on any atom is -0.457 e. The Kier molecular flexibility index (Phi) is 10.2. The molecule has 0 bridgehead atoms. The summed E-state index contributed by atoms with van der Waals surface area (Å²) in [5.41, 5.74) is -13.1. The van der Waals surface area contributed by atoms with Gasteiger partial charge >= 0.3 is 24.7 Å². The molecule has 2 aliphatic heterocycles. The Morgan fingerprint density at radius 3 is 1.38 bits per heavy atom. The van der Waals surface area contributed by atoms with E-state index in [2.05, 4.69) is 0 Å². The van der Waals surface area contributed by atoms with E-state index in [0.717, 1.165) is 29.2 Å². The minimum atomic E-state index is -5.78. The van der Waals surface area contributed by atoms with Gasteiger partial charge in [-0.05, 0) is 95.8 Å². The van der Waals surface area contributed by atoms with E-state index in [1.54, 1.807) is 24.3 Å². The first-order chi connectivity index (χ1) is 30.3. The predicted octanol–water partition coefficient (Wildman–Crippen LogP) is 16.5. The molecule has 3 nitrogen and oxygen atoms in total. The van der Waals surface area contributed by atoms with Crippen LogP contribution in [0.15, 0.2) is 146 Å². The zero-order valence-electron chi connectivity index (χ0n) is 32.6. The SMILES string of the molecule is FC(F)(F)c1cccc(-c2c(N3c4ccccc4Oc4ccccc43)c(-c3cccc(C(F)(F)F)c3)c(C(F)(F)F)c(C3CCc4ccccc4Oc4ccccc43)c2C(F)(F)F)c1. The van der Waals surface area contributed by atoms with E-state index in [9.17, 15) is 26.3 Å². The van der Waals surface area contributed by atoms with Crippen LogP contribution in [0.5, 0.6) is 23.0 Å². The van der Waals surface area contributed by atoms with Crippen LogP contribution in [0.2, 0.25) is 0 Å². The lowest BCUT2D eigenvalue weighted by Gasteiger charge is -2.39. The molecule has 7 aromatic carbocycles. The smallest absolute Gasteiger partial charge is 0.417 e. The van der Waals surface area contributed by atoms with Crippen LogP contribution in [0.3, 0.4) is 0 Å². The second-order valence-corrected chi connectivity index (χ2v) is 15.1. The lowest BCUT2D eigenvalue weighted by molar-refractivity contribution is -0.144. The Morgan fingerprint density at radius 2 is 0.875 bits per heavy atom. The lowest BCUT2D eigenvalue weighted by atomic mass is 9.74. The normalized spacial score (nSPS) is 15.1. The Labute approximate surface area is 356 Å². The van der Waals surface area contributed by atoms with Crippen LogP contribution in [-0.2, 0) is 31.1 Å². The van der Waals surface area contributed by atoms with Gasteiger partial charge < -0.3 is 14.4 Å². The molecule has 2 heterocycles. The van der Waals surface area contributed by atoms with Gasteiger partial charge in [-0.25, -0.2) is 0 Å². The average Bonchev–Trinajstić information content (AvgIpc) is 3.24. The Morgan fingerprint density at radius 1 is 0.438 bits per heavy atom. The first kappa shape index (κ1) is 42.4. The fraction of sp³-hybridized carbons (Fsp3) is 0.143. The van der Waals surface area contributed by atoms with Gasteiger partial charge in [0.2, 0.25) is 0 Å². The number of nitrogens with zero attached hydrogens (tertiary/aromatic N) is 1. The van der Waals surface area contributed by atoms with E-state index < -0.39 is 92.8 Å². The van der Waals surface area contributed by atoms with Crippen LogP contribution in [0.4, 0.5) is 69.7 Å². The quantitative estimate of drug-likeness (QED) is 0.164. The molecule has 0 radical (unpaired) electrons. The summed E-state index contributed by atoms with van der Waals surface area (Å²) in [5.74, 6) is -1.86. The van der Waals surface area contributed by atoms with Crippen LogP contribution < -0.4 is 14.4 Å². The molecule has 0 amide bonds. The topological polar surface area (TPSA) is 21.7 Å². The summed E-state index contributed by atoms with van der Waals surface area (Å²) in [6.07, 6.45) is -22.4. The summed E-state index contributed by atoms with van der Waals surface area (Å²) in [6, 6.07) is 28.5. The molecule has 1 unspecified atom stereocenters. The standard InChI is InChI=1S/C49H29F12NO2/c50-46(51,52)30-14-9-12-28(25-30)40-43(48(56,57)58)42(33-24-23-27-11-1-5-19-36(27)63-37-20-6-2-16-32(33)37)44(49(59,60)61)41(29-13-10-15-31(26-29)47(53,54)55)45(40)62-34-17-3-7-21-38(34)64-39-22-8-4-18-35(39)62/h1-22,25-26,33H,23-24H2. The number of aryl methyl sites for hydroxylation is 1. The summed E-state index contributed by atoms with van der Waals surface area (Å²) in [4.78, 5) is 0.985. The third-order valence-corrected chi connectivity index (χ3v) is 11.2. The molecule has 0 saturated carbocycles. The number of fused-ring (bicyclic) bond motifs is 4. The Balaban J connectivity index is 1.56. The molecule has 9 rings (SSSR count). The Hall–Kier alpha value is -6.90. The van der Waals surface area contributed by atoms with Crippen molar-refractivity contribution >= 4 is 17.1 Å². The van der Waals surface area contributed by atoms with Crippen molar-refractivity contribution < 1.29 is 62.2 Å². The second kappa shape index (κ2) is 15.4. The van der Waals surface area contributed by atoms with E-state index >= 15 is 26.3 Å². The monoisotopic (exact) mass is 891 g/mol. The number of hydrogen-bond acceptors (Lipinski definition) is 3. The van der Waals surface area contributed by atoms with Gasteiger partial charge in [-0.1, -0.05) is 84.9 Å². The fourth-order valence-corrected chi connectivity index (χ4v) is 8.67. The van der Waals surface area contributed by atoms with Crippen molar-refractivity contribution in [3.05, 3.63) is 185 Å². The minimum absolute atomic E-state index is 0.0814. The van der Waals surface area contributed by atoms with Crippen molar-refractivity contribution in [3.8, 4) is 45.3 Å². The molecular formula is C49H29F12NO2. The molecule has 0 aromatic heterocycles. The molecule has 326 valence electrons. The highest BCUT2D eigenvalue weighted by molar-refractivity contribution is 6.04. The molecule has 0 aliphatic carbocycles. The van der Waals surface area contributed by atoms with E-state index in [4.69, 9.17) is 9.47 Å². The molecular weight excluding hydrogens is 863 g/mol. The fourth-order valence-electron chi connectivity index (χ4n) is 8.67. The molecule has 0 fully saturated rings. The third kappa shape index (κ3) is 7.56. The summed E-state index contributed by atoms with van der Waals surface area (Å²) in [7, 11) is 0. The number of hydrogen-bond donors (Lipinski definition) is 0. The van der Waals surface area contributed by atoms with Crippen LogP contribution in [0.1, 0.15) is 51.3 Å². The zero-order valence-corrected chi connectivity index (χ0v) is 32.6. The maximum absolute atomic E-state index is 16.7. The first-order valence-corrected chi connectivity index (χ1v) is 19.5. The van der Waals surface area contributed by atoms with Crippen molar-refractivity contribution in [2.24, 2.45) is 0 Å². The number of halogens is 12. The van der Waals surface area contributed by atoms with Gasteiger partial charge in [-0.3, -0.25) is 0 Å². The molecule has 0 N–H and O–H groups in total. The summed E-state index contributed by atoms with van der Waals surface area (Å²) in [5, 5.41) is 0. The van der Waals surface area contributed by atoms with Gasteiger partial charge in [-0.2, -0.15) is 52.7 Å². The van der Waals surface area contributed by atoms with Gasteiger partial charge in [0, 0.05) is 22.6 Å². The van der Waals surface area contributed by atoms with Crippen molar-refractivity contribution in [1.82, 2.24) is 0 Å². The highest BCUT2D eigenvalue weighted by Gasteiger charge is 2.51. The van der Waals surface area contributed by atoms with Gasteiger partial charge in [-0.15, -0.1) is 0 Å². The molecule has 15 heteroatoms. The number of anilines is 3. The maximum atomic E-state index is 16.7. The van der Waals surface area contributed by atoms with Crippen molar-refractivity contribution in [2.45, 2.75) is 43.5 Å². The van der Waals surface area contributed by atoms with Gasteiger partial charge in [0.15, 0.2) is 11.5 Å².